The molecule has 11 aromatic rings. The fourth-order valence-electron chi connectivity index (χ4n) is 7.68. The van der Waals surface area contributed by atoms with Crippen LogP contribution in [-0.4, -0.2) is 29.1 Å². The van der Waals surface area contributed by atoms with Crippen LogP contribution in [0.3, 0.4) is 0 Å². The van der Waals surface area contributed by atoms with E-state index in [1.54, 1.807) is 0 Å². The SMILES string of the molecule is c1ccc(-c2nc(-c3cccc4nc(-c5ccccc5)oc34)nc(-n3c4ccccc4c4ccc5c6ccccc6n(-c6ccccc6)c5c43)n2)cc1. The molecule has 248 valence electrons. The normalized spacial score (nSPS) is 11.8. The maximum absolute atomic E-state index is 6.49. The second kappa shape index (κ2) is 11.6. The zero-order valence-electron chi connectivity index (χ0n) is 28.3. The fourth-order valence-corrected chi connectivity index (χ4v) is 7.68. The Balaban J connectivity index is 1.26. The predicted octanol–water partition coefficient (Wildman–Crippen LogP) is 11.2. The first-order chi connectivity index (χ1) is 26.3. The largest absolute Gasteiger partial charge is 0.435 e. The van der Waals surface area contributed by atoms with E-state index >= 15 is 0 Å². The zero-order chi connectivity index (χ0) is 34.9. The first-order valence-electron chi connectivity index (χ1n) is 17.6. The van der Waals surface area contributed by atoms with Crippen molar-refractivity contribution in [3.8, 4) is 45.9 Å². The van der Waals surface area contributed by atoms with Crippen LogP contribution >= 0.6 is 0 Å². The lowest BCUT2D eigenvalue weighted by Gasteiger charge is -2.13. The molecule has 0 aliphatic carbocycles. The van der Waals surface area contributed by atoms with Crippen molar-refractivity contribution >= 4 is 54.7 Å². The minimum Gasteiger partial charge on any atom is -0.435 e. The maximum atomic E-state index is 6.49. The van der Waals surface area contributed by atoms with Crippen LogP contribution in [0.1, 0.15) is 0 Å². The number of fused-ring (bicyclic) bond motifs is 8. The van der Waals surface area contributed by atoms with Crippen LogP contribution < -0.4 is 0 Å². The Bertz CT molecular complexity index is 3160. The minimum absolute atomic E-state index is 0.497. The van der Waals surface area contributed by atoms with Gasteiger partial charge in [-0.2, -0.15) is 9.97 Å². The van der Waals surface area contributed by atoms with Crippen LogP contribution in [-0.2, 0) is 0 Å². The number of aromatic nitrogens is 6. The van der Waals surface area contributed by atoms with E-state index in [1.807, 2.05) is 78.9 Å². The first-order valence-corrected chi connectivity index (χ1v) is 17.6. The van der Waals surface area contributed by atoms with Crippen molar-refractivity contribution in [2.75, 3.05) is 0 Å². The molecule has 0 bridgehead atoms. The maximum Gasteiger partial charge on any atom is 0.238 e. The van der Waals surface area contributed by atoms with Crippen LogP contribution in [0.4, 0.5) is 0 Å². The smallest absolute Gasteiger partial charge is 0.238 e. The highest BCUT2D eigenvalue weighted by molar-refractivity contribution is 6.23. The molecule has 7 nitrogen and oxygen atoms in total. The Hall–Kier alpha value is -7.38. The number of benzene rings is 7. The topological polar surface area (TPSA) is 74.6 Å². The lowest BCUT2D eigenvalue weighted by atomic mass is 10.1. The minimum atomic E-state index is 0.497. The highest BCUT2D eigenvalue weighted by Crippen LogP contribution is 2.42. The standard InChI is InChI=1S/C46H28N6O/c1-4-15-29(16-5-1)43-48-44(36-23-14-24-37-42(36)53-45(47-37)30-17-6-2-7-18-30)50-46(49-43)52-39-26-13-11-22-33(39)35-28-27-34-32-21-10-12-25-38(32)51(40(34)41(35)52)31-19-8-3-9-20-31/h1-28H. The van der Waals surface area contributed by atoms with E-state index in [0.29, 0.717) is 29.1 Å². The first kappa shape index (κ1) is 29.4. The van der Waals surface area contributed by atoms with E-state index in [4.69, 9.17) is 24.4 Å². The van der Waals surface area contributed by atoms with Crippen molar-refractivity contribution in [3.63, 3.8) is 0 Å². The summed E-state index contributed by atoms with van der Waals surface area (Å²) in [5.41, 5.74) is 9.19. The second-order valence-corrected chi connectivity index (χ2v) is 13.1. The van der Waals surface area contributed by atoms with E-state index in [-0.39, 0.29) is 0 Å². The van der Waals surface area contributed by atoms with Gasteiger partial charge in [-0.05, 0) is 48.5 Å². The summed E-state index contributed by atoms with van der Waals surface area (Å²) in [7, 11) is 0. The van der Waals surface area contributed by atoms with Gasteiger partial charge in [0.1, 0.15) is 5.52 Å². The Morgan fingerprint density at radius 1 is 0.396 bits per heavy atom. The third kappa shape index (κ3) is 4.54. The number of rotatable bonds is 5. The van der Waals surface area contributed by atoms with E-state index in [2.05, 4.69) is 100 Å². The monoisotopic (exact) mass is 680 g/mol. The molecule has 0 aliphatic heterocycles. The Kier molecular flexibility index (Phi) is 6.42. The molecule has 53 heavy (non-hydrogen) atoms. The molecule has 7 aromatic carbocycles. The van der Waals surface area contributed by atoms with E-state index in [1.165, 1.54) is 5.39 Å². The number of hydrogen-bond acceptors (Lipinski definition) is 5. The molecule has 0 spiro atoms. The lowest BCUT2D eigenvalue weighted by Crippen LogP contribution is -2.07. The van der Waals surface area contributed by atoms with Crippen molar-refractivity contribution in [2.45, 2.75) is 0 Å². The van der Waals surface area contributed by atoms with Crippen LogP contribution in [0.2, 0.25) is 0 Å². The van der Waals surface area contributed by atoms with E-state index in [9.17, 15) is 0 Å². The van der Waals surface area contributed by atoms with Crippen LogP contribution in [0.5, 0.6) is 0 Å². The number of hydrogen-bond donors (Lipinski definition) is 0. The molecule has 0 atom stereocenters. The molecule has 0 amide bonds. The number of oxazole rings is 1. The van der Waals surface area contributed by atoms with Gasteiger partial charge < -0.3 is 8.98 Å². The van der Waals surface area contributed by atoms with Crippen molar-refractivity contribution in [1.29, 1.82) is 0 Å². The summed E-state index contributed by atoms with van der Waals surface area (Å²) in [6.07, 6.45) is 0. The van der Waals surface area contributed by atoms with Crippen molar-refractivity contribution < 1.29 is 4.42 Å². The van der Waals surface area contributed by atoms with Crippen LogP contribution in [0.25, 0.3) is 101 Å². The average molecular weight is 681 g/mol. The van der Waals surface area contributed by atoms with Gasteiger partial charge in [-0.15, -0.1) is 0 Å². The summed E-state index contributed by atoms with van der Waals surface area (Å²) in [6, 6.07) is 58.1. The molecule has 0 fully saturated rings. The zero-order valence-corrected chi connectivity index (χ0v) is 28.3. The van der Waals surface area contributed by atoms with Gasteiger partial charge in [0.05, 0.1) is 27.6 Å². The summed E-state index contributed by atoms with van der Waals surface area (Å²) in [5, 5.41) is 4.56. The molecule has 4 aromatic heterocycles. The van der Waals surface area contributed by atoms with Gasteiger partial charge in [-0.1, -0.05) is 121 Å². The lowest BCUT2D eigenvalue weighted by molar-refractivity contribution is 0.620. The Morgan fingerprint density at radius 2 is 0.962 bits per heavy atom. The van der Waals surface area contributed by atoms with Gasteiger partial charge >= 0.3 is 0 Å². The highest BCUT2D eigenvalue weighted by atomic mass is 16.3. The summed E-state index contributed by atoms with van der Waals surface area (Å²) in [6.45, 7) is 0. The second-order valence-electron chi connectivity index (χ2n) is 13.1. The number of nitrogens with zero attached hydrogens (tertiary/aromatic N) is 6. The molecule has 11 rings (SSSR count). The summed E-state index contributed by atoms with van der Waals surface area (Å²) < 4.78 is 11.1. The molecule has 7 heteroatoms. The van der Waals surface area contributed by atoms with Gasteiger partial charge in [0.25, 0.3) is 0 Å². The summed E-state index contributed by atoms with van der Waals surface area (Å²) >= 11 is 0. The fraction of sp³-hybridized carbons (Fsp3) is 0. The third-order valence-electron chi connectivity index (χ3n) is 10.0. The van der Waals surface area contributed by atoms with Crippen molar-refractivity contribution in [3.05, 3.63) is 170 Å². The molecular weight excluding hydrogens is 653 g/mol. The van der Waals surface area contributed by atoms with Crippen molar-refractivity contribution in [1.82, 2.24) is 29.1 Å². The predicted molar refractivity (Wildman–Crippen MR) is 212 cm³/mol. The van der Waals surface area contributed by atoms with Gasteiger partial charge in [0.2, 0.25) is 11.8 Å². The quantitative estimate of drug-likeness (QED) is 0.181. The van der Waals surface area contributed by atoms with E-state index < -0.39 is 0 Å². The van der Waals surface area contributed by atoms with Gasteiger partial charge in [0.15, 0.2) is 17.2 Å². The molecule has 0 aliphatic rings. The van der Waals surface area contributed by atoms with Gasteiger partial charge in [-0.3, -0.25) is 4.57 Å². The summed E-state index contributed by atoms with van der Waals surface area (Å²) in [4.78, 5) is 20.5. The highest BCUT2D eigenvalue weighted by Gasteiger charge is 2.24. The molecule has 4 heterocycles. The third-order valence-corrected chi connectivity index (χ3v) is 10.0. The molecule has 0 N–H and O–H groups in total. The summed E-state index contributed by atoms with van der Waals surface area (Å²) in [5.74, 6) is 2.12. The van der Waals surface area contributed by atoms with Crippen LogP contribution in [0, 0.1) is 0 Å². The molecule has 0 unspecified atom stereocenters. The Labute approximate surface area is 303 Å². The van der Waals surface area contributed by atoms with Crippen molar-refractivity contribution in [2.24, 2.45) is 0 Å². The van der Waals surface area contributed by atoms with Gasteiger partial charge in [0, 0.05) is 38.4 Å². The molecule has 0 saturated heterocycles. The van der Waals surface area contributed by atoms with E-state index in [0.717, 1.165) is 66.1 Å². The number of para-hydroxylation sites is 4. The van der Waals surface area contributed by atoms with Crippen LogP contribution in [0.15, 0.2) is 174 Å². The Morgan fingerprint density at radius 3 is 1.66 bits per heavy atom. The molecular formula is C46H28N6O. The van der Waals surface area contributed by atoms with Gasteiger partial charge in [-0.25, -0.2) is 9.97 Å². The average Bonchev–Trinajstić information content (AvgIpc) is 3.92. The molecule has 0 saturated carbocycles. The molecule has 0 radical (unpaired) electrons.